The highest BCUT2D eigenvalue weighted by Gasteiger charge is 2.20. The Morgan fingerprint density at radius 1 is 1.06 bits per heavy atom. The summed E-state index contributed by atoms with van der Waals surface area (Å²) in [6.07, 6.45) is 1.62. The van der Waals surface area contributed by atoms with E-state index in [1.807, 2.05) is 13.8 Å². The van der Waals surface area contributed by atoms with Crippen LogP contribution in [0.2, 0.25) is 0 Å². The van der Waals surface area contributed by atoms with Crippen molar-refractivity contribution in [2.24, 2.45) is 0 Å². The van der Waals surface area contributed by atoms with E-state index >= 15 is 0 Å². The first-order valence-corrected chi connectivity index (χ1v) is 10.9. The zero-order chi connectivity index (χ0) is 24.7. The molecule has 0 fully saturated rings. The molecule has 0 spiro atoms. The first-order chi connectivity index (χ1) is 16.3. The van der Waals surface area contributed by atoms with Crippen LogP contribution in [-0.2, 0) is 0 Å². The van der Waals surface area contributed by atoms with Crippen molar-refractivity contribution < 1.29 is 19.2 Å². The van der Waals surface area contributed by atoms with Gasteiger partial charge in [0.05, 0.1) is 18.1 Å². The Morgan fingerprint density at radius 2 is 1.74 bits per heavy atom. The number of nitrogens with one attached hydrogen (secondary N) is 1. The fourth-order valence-corrected chi connectivity index (χ4v) is 3.18. The molecule has 0 unspecified atom stereocenters. The molecule has 1 amide bonds. The van der Waals surface area contributed by atoms with Gasteiger partial charge in [0.2, 0.25) is 5.43 Å². The van der Waals surface area contributed by atoms with Gasteiger partial charge >= 0.3 is 0 Å². The normalized spacial score (nSPS) is 10.6. The van der Waals surface area contributed by atoms with E-state index in [9.17, 15) is 19.7 Å². The van der Waals surface area contributed by atoms with Gasteiger partial charge in [-0.25, -0.2) is 4.68 Å². The molecule has 0 saturated carbocycles. The van der Waals surface area contributed by atoms with Crippen LogP contribution in [0.3, 0.4) is 0 Å². The number of amides is 1. The van der Waals surface area contributed by atoms with Gasteiger partial charge in [0.15, 0.2) is 17.2 Å². The minimum absolute atomic E-state index is 0.145. The molecule has 1 heterocycles. The summed E-state index contributed by atoms with van der Waals surface area (Å²) in [5.41, 5.74) is -0.316. The fourth-order valence-electron chi connectivity index (χ4n) is 3.18. The average molecular weight is 466 g/mol. The lowest BCUT2D eigenvalue weighted by atomic mass is 10.2. The van der Waals surface area contributed by atoms with E-state index in [0.717, 1.165) is 12.8 Å². The number of rotatable bonds is 10. The molecule has 1 N–H and O–H groups in total. The summed E-state index contributed by atoms with van der Waals surface area (Å²) < 4.78 is 12.7. The molecule has 3 rings (SSSR count). The molecule has 0 aliphatic heterocycles. The molecule has 0 bridgehead atoms. The number of nitro benzene ring substituents is 1. The summed E-state index contributed by atoms with van der Waals surface area (Å²) in [5, 5.41) is 18.2. The number of nitrogens with zero attached hydrogens (tertiary/aromatic N) is 3. The van der Waals surface area contributed by atoms with Gasteiger partial charge in [-0.2, -0.15) is 5.10 Å². The van der Waals surface area contributed by atoms with E-state index in [-0.39, 0.29) is 11.4 Å². The first kappa shape index (κ1) is 24.4. The average Bonchev–Trinajstić information content (AvgIpc) is 2.82. The highest BCUT2D eigenvalue weighted by molar-refractivity contribution is 6.02. The lowest BCUT2D eigenvalue weighted by molar-refractivity contribution is -0.384. The lowest BCUT2D eigenvalue weighted by Crippen LogP contribution is -2.27. The van der Waals surface area contributed by atoms with E-state index in [4.69, 9.17) is 9.47 Å². The van der Waals surface area contributed by atoms with Crippen molar-refractivity contribution in [3.05, 3.63) is 80.3 Å². The number of hydrogen-bond donors (Lipinski definition) is 1. The summed E-state index contributed by atoms with van der Waals surface area (Å²) in [5.74, 6) is 0.281. The van der Waals surface area contributed by atoms with Crippen molar-refractivity contribution in [1.82, 2.24) is 9.78 Å². The van der Waals surface area contributed by atoms with E-state index in [1.165, 1.54) is 28.9 Å². The van der Waals surface area contributed by atoms with Crippen LogP contribution in [0.25, 0.3) is 5.69 Å². The molecule has 1 aromatic heterocycles. The van der Waals surface area contributed by atoms with Crippen LogP contribution < -0.4 is 20.2 Å². The summed E-state index contributed by atoms with van der Waals surface area (Å²) >= 11 is 0. The van der Waals surface area contributed by atoms with Gasteiger partial charge in [-0.3, -0.25) is 19.7 Å². The minimum Gasteiger partial charge on any atom is -0.490 e. The number of anilines is 1. The standard InChI is InChI=1S/C24H26N4O6/c1-4-12-33-21-11-10-17(15-22(21)34-13-5-2)25-24(30)23-20(29)14-16(3)27(26-23)18-8-6-7-9-19(18)28(31)32/h6-11,14-15H,4-5,12-13H2,1-3H3,(H,25,30). The van der Waals surface area contributed by atoms with E-state index in [2.05, 4.69) is 10.4 Å². The summed E-state index contributed by atoms with van der Waals surface area (Å²) in [4.78, 5) is 36.4. The van der Waals surface area contributed by atoms with Crippen LogP contribution in [0.4, 0.5) is 11.4 Å². The molecule has 3 aromatic rings. The molecule has 0 radical (unpaired) electrons. The van der Waals surface area contributed by atoms with Gasteiger partial charge in [0, 0.05) is 29.6 Å². The van der Waals surface area contributed by atoms with Crippen LogP contribution in [0.5, 0.6) is 11.5 Å². The number of ether oxygens (including phenoxy) is 2. The second-order valence-electron chi connectivity index (χ2n) is 7.47. The molecule has 10 heteroatoms. The predicted octanol–water partition coefficient (Wildman–Crippen LogP) is 4.28. The maximum Gasteiger partial charge on any atom is 0.294 e. The van der Waals surface area contributed by atoms with Crippen molar-refractivity contribution >= 4 is 17.3 Å². The van der Waals surface area contributed by atoms with Crippen molar-refractivity contribution in [2.75, 3.05) is 18.5 Å². The van der Waals surface area contributed by atoms with E-state index in [1.54, 1.807) is 31.2 Å². The quantitative estimate of drug-likeness (QED) is 0.349. The zero-order valence-electron chi connectivity index (χ0n) is 19.2. The van der Waals surface area contributed by atoms with Crippen LogP contribution >= 0.6 is 0 Å². The van der Waals surface area contributed by atoms with Crippen molar-refractivity contribution in [3.8, 4) is 17.2 Å². The smallest absolute Gasteiger partial charge is 0.294 e. The lowest BCUT2D eigenvalue weighted by Gasteiger charge is -2.14. The third-order valence-corrected chi connectivity index (χ3v) is 4.75. The molecule has 0 aliphatic rings. The van der Waals surface area contributed by atoms with Gasteiger partial charge in [0.25, 0.3) is 11.6 Å². The van der Waals surface area contributed by atoms with Gasteiger partial charge in [-0.15, -0.1) is 0 Å². The minimum atomic E-state index is -0.749. The molecule has 2 aromatic carbocycles. The van der Waals surface area contributed by atoms with Gasteiger partial charge in [-0.1, -0.05) is 26.0 Å². The number of carbonyl (C=O) groups is 1. The largest absolute Gasteiger partial charge is 0.490 e. The van der Waals surface area contributed by atoms with Crippen molar-refractivity contribution in [2.45, 2.75) is 33.6 Å². The zero-order valence-corrected chi connectivity index (χ0v) is 19.2. The maximum absolute atomic E-state index is 12.9. The number of aryl methyl sites for hydroxylation is 1. The summed E-state index contributed by atoms with van der Waals surface area (Å²) in [6.45, 7) is 6.54. The second-order valence-corrected chi connectivity index (χ2v) is 7.47. The molecular formula is C24H26N4O6. The molecule has 34 heavy (non-hydrogen) atoms. The second kappa shape index (κ2) is 11.1. The number of aromatic nitrogens is 2. The Hall–Kier alpha value is -4.21. The summed E-state index contributed by atoms with van der Waals surface area (Å²) in [6, 6.07) is 12.1. The van der Waals surface area contributed by atoms with Gasteiger partial charge in [-0.05, 0) is 38.0 Å². The highest BCUT2D eigenvalue weighted by atomic mass is 16.6. The molecule has 0 atom stereocenters. The maximum atomic E-state index is 12.9. The fraction of sp³-hybridized carbons (Fsp3) is 0.292. The number of hydrogen-bond acceptors (Lipinski definition) is 7. The Bertz CT molecular complexity index is 1250. The third-order valence-electron chi connectivity index (χ3n) is 4.75. The topological polar surface area (TPSA) is 126 Å². The van der Waals surface area contributed by atoms with Gasteiger partial charge in [0.1, 0.15) is 5.69 Å². The Kier molecular flexibility index (Phi) is 7.96. The SMILES string of the molecule is CCCOc1ccc(NC(=O)c2nn(-c3ccccc3[N+](=O)[O-])c(C)cc2=O)cc1OCCC. The number of para-hydroxylation sites is 2. The predicted molar refractivity (Wildman–Crippen MR) is 127 cm³/mol. The van der Waals surface area contributed by atoms with E-state index in [0.29, 0.717) is 36.1 Å². The van der Waals surface area contributed by atoms with E-state index < -0.39 is 22.0 Å². The molecule has 0 saturated heterocycles. The monoisotopic (exact) mass is 466 g/mol. The number of carbonyl (C=O) groups excluding carboxylic acids is 1. The number of benzene rings is 2. The molecule has 0 aliphatic carbocycles. The number of nitro groups is 1. The van der Waals surface area contributed by atoms with Crippen LogP contribution in [0, 0.1) is 17.0 Å². The molecule has 10 nitrogen and oxygen atoms in total. The first-order valence-electron chi connectivity index (χ1n) is 10.9. The van der Waals surface area contributed by atoms with Crippen LogP contribution in [0.15, 0.2) is 53.3 Å². The third kappa shape index (κ3) is 5.58. The Balaban J connectivity index is 1.94. The van der Waals surface area contributed by atoms with Crippen molar-refractivity contribution in [1.29, 1.82) is 0 Å². The molecule has 178 valence electrons. The van der Waals surface area contributed by atoms with Crippen molar-refractivity contribution in [3.63, 3.8) is 0 Å². The molecular weight excluding hydrogens is 440 g/mol. The highest BCUT2D eigenvalue weighted by Crippen LogP contribution is 2.31. The van der Waals surface area contributed by atoms with Gasteiger partial charge < -0.3 is 14.8 Å². The Morgan fingerprint density at radius 3 is 2.41 bits per heavy atom. The Labute approximate surface area is 196 Å². The van der Waals surface area contributed by atoms with Crippen LogP contribution in [0.1, 0.15) is 42.9 Å². The van der Waals surface area contributed by atoms with Crippen LogP contribution in [-0.4, -0.2) is 33.8 Å². The summed E-state index contributed by atoms with van der Waals surface area (Å²) in [7, 11) is 0.